The van der Waals surface area contributed by atoms with Crippen molar-refractivity contribution in [2.45, 2.75) is 6.92 Å². The molecule has 2 nitrogen and oxygen atoms in total. The van der Waals surface area contributed by atoms with Gasteiger partial charge in [0.15, 0.2) is 0 Å². The van der Waals surface area contributed by atoms with Crippen LogP contribution in [-0.2, 0) is 0 Å². The molecule has 0 bridgehead atoms. The van der Waals surface area contributed by atoms with E-state index in [2.05, 4.69) is 4.98 Å². The van der Waals surface area contributed by atoms with Crippen molar-refractivity contribution in [2.24, 2.45) is 0 Å². The van der Waals surface area contributed by atoms with E-state index in [1.807, 2.05) is 66.2 Å². The maximum absolute atomic E-state index is 6.16. The molecule has 0 aliphatic heterocycles. The number of nitrogens with zero attached hydrogens (tertiary/aromatic N) is 2. The normalized spacial score (nSPS) is 11.6. The average Bonchev–Trinajstić information content (AvgIpc) is 2.79. The number of imidazole rings is 1. The Bertz CT molecular complexity index is 783. The Morgan fingerprint density at radius 1 is 1.05 bits per heavy atom. The molecular weight excluding hydrogens is 291 g/mol. The molecular formula is C16H12Cl2N2. The number of fused-ring (bicyclic) bond motifs is 1. The van der Waals surface area contributed by atoms with Crippen LogP contribution in [0, 0.1) is 6.92 Å². The van der Waals surface area contributed by atoms with Gasteiger partial charge in [0, 0.05) is 33.6 Å². The minimum atomic E-state index is 0.639. The standard InChI is InChI=1S/C16H12Cl2N2/c1-11-10-20-9-3-4-12(16(20)19-11)7-8-13-14(17)5-2-6-15(13)18/h2-10H,1H3/b8-7+. The lowest BCUT2D eigenvalue weighted by atomic mass is 10.1. The molecule has 0 spiro atoms. The lowest BCUT2D eigenvalue weighted by Crippen LogP contribution is -1.85. The second-order valence-corrected chi connectivity index (χ2v) is 5.36. The van der Waals surface area contributed by atoms with Crippen molar-refractivity contribution in [2.75, 3.05) is 0 Å². The fourth-order valence-electron chi connectivity index (χ4n) is 2.13. The van der Waals surface area contributed by atoms with E-state index >= 15 is 0 Å². The first-order valence-electron chi connectivity index (χ1n) is 6.21. The summed E-state index contributed by atoms with van der Waals surface area (Å²) in [4.78, 5) is 4.52. The molecule has 2 heterocycles. The van der Waals surface area contributed by atoms with E-state index in [1.54, 1.807) is 0 Å². The molecule has 0 aliphatic carbocycles. The first-order chi connectivity index (χ1) is 9.65. The SMILES string of the molecule is Cc1cn2cccc(/C=C/c3c(Cl)cccc3Cl)c2n1. The Labute approximate surface area is 127 Å². The summed E-state index contributed by atoms with van der Waals surface area (Å²) < 4.78 is 2.00. The van der Waals surface area contributed by atoms with Crippen LogP contribution < -0.4 is 0 Å². The predicted octanol–water partition coefficient (Wildman–Crippen LogP) is 5.12. The molecule has 0 amide bonds. The minimum Gasteiger partial charge on any atom is -0.306 e. The lowest BCUT2D eigenvalue weighted by Gasteiger charge is -2.01. The van der Waals surface area contributed by atoms with Crippen molar-refractivity contribution >= 4 is 41.0 Å². The highest BCUT2D eigenvalue weighted by molar-refractivity contribution is 6.37. The van der Waals surface area contributed by atoms with Gasteiger partial charge in [-0.15, -0.1) is 0 Å². The number of aromatic nitrogens is 2. The summed E-state index contributed by atoms with van der Waals surface area (Å²) in [6.07, 6.45) is 7.88. The van der Waals surface area contributed by atoms with E-state index in [-0.39, 0.29) is 0 Å². The largest absolute Gasteiger partial charge is 0.306 e. The van der Waals surface area contributed by atoms with Gasteiger partial charge in [0.2, 0.25) is 0 Å². The molecule has 1 aromatic carbocycles. The van der Waals surface area contributed by atoms with Crippen molar-refractivity contribution in [1.82, 2.24) is 9.38 Å². The van der Waals surface area contributed by atoms with Crippen molar-refractivity contribution in [3.05, 3.63) is 69.6 Å². The van der Waals surface area contributed by atoms with Crippen LogP contribution in [0.3, 0.4) is 0 Å². The first-order valence-corrected chi connectivity index (χ1v) is 6.97. The minimum absolute atomic E-state index is 0.639. The zero-order valence-electron chi connectivity index (χ0n) is 10.8. The third-order valence-corrected chi connectivity index (χ3v) is 3.72. The Hall–Kier alpha value is -1.77. The average molecular weight is 303 g/mol. The fraction of sp³-hybridized carbons (Fsp3) is 0.0625. The molecule has 0 atom stereocenters. The Morgan fingerprint density at radius 3 is 2.55 bits per heavy atom. The van der Waals surface area contributed by atoms with E-state index in [1.165, 1.54) is 0 Å². The Morgan fingerprint density at radius 2 is 1.80 bits per heavy atom. The molecule has 20 heavy (non-hydrogen) atoms. The quantitative estimate of drug-likeness (QED) is 0.642. The maximum atomic E-state index is 6.16. The highest BCUT2D eigenvalue weighted by Crippen LogP contribution is 2.26. The Kier molecular flexibility index (Phi) is 3.51. The van der Waals surface area contributed by atoms with E-state index < -0.39 is 0 Å². The molecule has 0 fully saturated rings. The number of hydrogen-bond acceptors (Lipinski definition) is 1. The zero-order chi connectivity index (χ0) is 14.1. The third kappa shape index (κ3) is 2.45. The molecule has 0 saturated carbocycles. The summed E-state index contributed by atoms with van der Waals surface area (Å²) in [5, 5.41) is 1.28. The van der Waals surface area contributed by atoms with Crippen LogP contribution in [0.4, 0.5) is 0 Å². The Balaban J connectivity index is 2.07. The van der Waals surface area contributed by atoms with Gasteiger partial charge in [-0.05, 0) is 31.2 Å². The van der Waals surface area contributed by atoms with Crippen LogP contribution in [0.5, 0.6) is 0 Å². The number of halogens is 2. The maximum Gasteiger partial charge on any atom is 0.144 e. The molecule has 0 radical (unpaired) electrons. The van der Waals surface area contributed by atoms with E-state index in [0.717, 1.165) is 22.5 Å². The zero-order valence-corrected chi connectivity index (χ0v) is 12.4. The summed E-state index contributed by atoms with van der Waals surface area (Å²) >= 11 is 12.3. The summed E-state index contributed by atoms with van der Waals surface area (Å²) in [5.74, 6) is 0. The highest BCUT2D eigenvalue weighted by Gasteiger charge is 2.04. The van der Waals surface area contributed by atoms with Crippen LogP contribution in [0.2, 0.25) is 10.0 Å². The molecule has 0 N–H and O–H groups in total. The van der Waals surface area contributed by atoms with Crippen molar-refractivity contribution in [3.8, 4) is 0 Å². The fourth-order valence-corrected chi connectivity index (χ4v) is 2.65. The molecule has 0 unspecified atom stereocenters. The van der Waals surface area contributed by atoms with Crippen molar-refractivity contribution in [1.29, 1.82) is 0 Å². The van der Waals surface area contributed by atoms with Crippen molar-refractivity contribution < 1.29 is 0 Å². The second-order valence-electron chi connectivity index (χ2n) is 4.55. The van der Waals surface area contributed by atoms with Gasteiger partial charge >= 0.3 is 0 Å². The van der Waals surface area contributed by atoms with Crippen LogP contribution >= 0.6 is 23.2 Å². The topological polar surface area (TPSA) is 17.3 Å². The van der Waals surface area contributed by atoms with Gasteiger partial charge in [-0.25, -0.2) is 4.98 Å². The van der Waals surface area contributed by atoms with Gasteiger partial charge in [0.1, 0.15) is 5.65 Å². The smallest absolute Gasteiger partial charge is 0.144 e. The van der Waals surface area contributed by atoms with Gasteiger partial charge in [-0.2, -0.15) is 0 Å². The summed E-state index contributed by atoms with van der Waals surface area (Å²) in [5.41, 5.74) is 3.75. The van der Waals surface area contributed by atoms with Crippen LogP contribution in [0.15, 0.2) is 42.7 Å². The van der Waals surface area contributed by atoms with E-state index in [4.69, 9.17) is 23.2 Å². The van der Waals surface area contributed by atoms with Gasteiger partial charge in [-0.1, -0.05) is 41.4 Å². The molecule has 3 aromatic rings. The number of benzene rings is 1. The second kappa shape index (κ2) is 5.31. The van der Waals surface area contributed by atoms with Gasteiger partial charge in [-0.3, -0.25) is 0 Å². The number of rotatable bonds is 2. The molecule has 0 aliphatic rings. The predicted molar refractivity (Wildman–Crippen MR) is 85.3 cm³/mol. The summed E-state index contributed by atoms with van der Waals surface area (Å²) in [6, 6.07) is 9.49. The van der Waals surface area contributed by atoms with Gasteiger partial charge < -0.3 is 4.40 Å². The summed E-state index contributed by atoms with van der Waals surface area (Å²) in [7, 11) is 0. The third-order valence-electron chi connectivity index (χ3n) is 3.06. The van der Waals surface area contributed by atoms with Gasteiger partial charge in [0.25, 0.3) is 0 Å². The van der Waals surface area contributed by atoms with E-state index in [9.17, 15) is 0 Å². The molecule has 3 rings (SSSR count). The molecule has 0 saturated heterocycles. The van der Waals surface area contributed by atoms with E-state index in [0.29, 0.717) is 10.0 Å². The number of hydrogen-bond donors (Lipinski definition) is 0. The number of aryl methyl sites for hydroxylation is 1. The van der Waals surface area contributed by atoms with Gasteiger partial charge in [0.05, 0.1) is 5.69 Å². The van der Waals surface area contributed by atoms with Crippen LogP contribution in [0.25, 0.3) is 17.8 Å². The molecule has 100 valence electrons. The highest BCUT2D eigenvalue weighted by atomic mass is 35.5. The van der Waals surface area contributed by atoms with Crippen molar-refractivity contribution in [3.63, 3.8) is 0 Å². The molecule has 4 heteroatoms. The van der Waals surface area contributed by atoms with Crippen LogP contribution in [-0.4, -0.2) is 9.38 Å². The van der Waals surface area contributed by atoms with Crippen LogP contribution in [0.1, 0.15) is 16.8 Å². The molecule has 2 aromatic heterocycles. The lowest BCUT2D eigenvalue weighted by molar-refractivity contribution is 1.18. The summed E-state index contributed by atoms with van der Waals surface area (Å²) in [6.45, 7) is 1.98. The first kappa shape index (κ1) is 13.2. The number of pyridine rings is 1. The monoisotopic (exact) mass is 302 g/mol.